The third-order valence-corrected chi connectivity index (χ3v) is 4.73. The van der Waals surface area contributed by atoms with Gasteiger partial charge in [0.2, 0.25) is 0 Å². The quantitative estimate of drug-likeness (QED) is 0.796. The molecule has 1 amide bonds. The van der Waals surface area contributed by atoms with Crippen molar-refractivity contribution in [3.8, 4) is 16.9 Å². The monoisotopic (exact) mass is 358 g/mol. The number of hydrogen-bond donors (Lipinski definition) is 2. The van der Waals surface area contributed by atoms with Crippen LogP contribution in [0.2, 0.25) is 5.02 Å². The molecule has 4 nitrogen and oxygen atoms in total. The smallest absolute Gasteiger partial charge is 0.257 e. The number of carbonyl (C=O) groups is 1. The Kier molecular flexibility index (Phi) is 6.31. The van der Waals surface area contributed by atoms with Crippen molar-refractivity contribution in [1.29, 1.82) is 0 Å². The van der Waals surface area contributed by atoms with Gasteiger partial charge in [-0.2, -0.15) is 0 Å². The average Bonchev–Trinajstić information content (AvgIpc) is 3.15. The van der Waals surface area contributed by atoms with Crippen molar-refractivity contribution in [2.24, 2.45) is 5.92 Å². The van der Waals surface area contributed by atoms with E-state index in [9.17, 15) is 4.79 Å². The summed E-state index contributed by atoms with van der Waals surface area (Å²) in [6.45, 7) is 2.80. The first-order valence-corrected chi connectivity index (χ1v) is 9.05. The lowest BCUT2D eigenvalue weighted by molar-refractivity contribution is -0.123. The number of rotatable bonds is 7. The minimum Gasteiger partial charge on any atom is -0.482 e. The summed E-state index contributed by atoms with van der Waals surface area (Å²) in [5.74, 6) is 1.08. The number of ether oxygens (including phenoxy) is 1. The van der Waals surface area contributed by atoms with Crippen LogP contribution < -0.4 is 15.4 Å². The second-order valence-corrected chi connectivity index (χ2v) is 6.70. The zero-order chi connectivity index (χ0) is 17.5. The maximum Gasteiger partial charge on any atom is 0.257 e. The zero-order valence-corrected chi connectivity index (χ0v) is 14.9. The van der Waals surface area contributed by atoms with E-state index in [1.54, 1.807) is 0 Å². The molecule has 1 saturated heterocycles. The normalized spacial score (nSPS) is 16.6. The van der Waals surface area contributed by atoms with E-state index in [0.717, 1.165) is 30.6 Å². The molecule has 5 heteroatoms. The van der Waals surface area contributed by atoms with Gasteiger partial charge in [0.25, 0.3) is 5.91 Å². The second-order valence-electron chi connectivity index (χ2n) is 6.30. The largest absolute Gasteiger partial charge is 0.482 e. The van der Waals surface area contributed by atoms with Crippen molar-refractivity contribution in [2.75, 3.05) is 26.2 Å². The molecule has 0 radical (unpaired) electrons. The molecule has 3 rings (SSSR count). The zero-order valence-electron chi connectivity index (χ0n) is 14.1. The summed E-state index contributed by atoms with van der Waals surface area (Å²) < 4.78 is 5.56. The third kappa shape index (κ3) is 5.21. The highest BCUT2D eigenvalue weighted by Gasteiger charge is 2.14. The predicted molar refractivity (Wildman–Crippen MR) is 101 cm³/mol. The molecule has 1 aliphatic heterocycles. The molecule has 2 aromatic carbocycles. The summed E-state index contributed by atoms with van der Waals surface area (Å²) in [6, 6.07) is 15.6. The van der Waals surface area contributed by atoms with E-state index in [1.807, 2.05) is 48.5 Å². The summed E-state index contributed by atoms with van der Waals surface area (Å²) in [6.07, 6.45) is 2.20. The molecule has 2 aromatic rings. The van der Waals surface area contributed by atoms with Crippen LogP contribution in [0.5, 0.6) is 5.75 Å². The van der Waals surface area contributed by atoms with Crippen LogP contribution in [0.15, 0.2) is 48.5 Å². The summed E-state index contributed by atoms with van der Waals surface area (Å²) in [5.41, 5.74) is 2.11. The van der Waals surface area contributed by atoms with Gasteiger partial charge >= 0.3 is 0 Å². The summed E-state index contributed by atoms with van der Waals surface area (Å²) >= 11 is 6.29. The van der Waals surface area contributed by atoms with E-state index < -0.39 is 0 Å². The molecule has 25 heavy (non-hydrogen) atoms. The minimum atomic E-state index is -0.117. The fourth-order valence-corrected chi connectivity index (χ4v) is 3.23. The molecule has 132 valence electrons. The molecule has 1 fully saturated rings. The van der Waals surface area contributed by atoms with Crippen LogP contribution in [0.25, 0.3) is 11.1 Å². The third-order valence-electron chi connectivity index (χ3n) is 4.43. The maximum absolute atomic E-state index is 11.9. The van der Waals surface area contributed by atoms with E-state index in [0.29, 0.717) is 23.2 Å². The highest BCUT2D eigenvalue weighted by Crippen LogP contribution is 2.30. The number of nitrogens with one attached hydrogen (secondary N) is 2. The van der Waals surface area contributed by atoms with Gasteiger partial charge in [-0.15, -0.1) is 0 Å². The van der Waals surface area contributed by atoms with Gasteiger partial charge in [0.15, 0.2) is 6.61 Å². The average molecular weight is 359 g/mol. The Morgan fingerprint density at radius 2 is 2.04 bits per heavy atom. The fourth-order valence-electron chi connectivity index (χ4n) is 3.00. The molecule has 1 aliphatic rings. The lowest BCUT2D eigenvalue weighted by atomic mass is 10.1. The van der Waals surface area contributed by atoms with Crippen molar-refractivity contribution < 1.29 is 9.53 Å². The maximum atomic E-state index is 11.9. The van der Waals surface area contributed by atoms with Crippen molar-refractivity contribution >= 4 is 17.5 Å². The van der Waals surface area contributed by atoms with Crippen molar-refractivity contribution in [3.05, 3.63) is 53.6 Å². The van der Waals surface area contributed by atoms with Crippen LogP contribution in [0.4, 0.5) is 0 Å². The van der Waals surface area contributed by atoms with Gasteiger partial charge in [-0.1, -0.05) is 48.0 Å². The number of halogens is 1. The Bertz CT molecular complexity index is 700. The first-order chi connectivity index (χ1) is 12.2. The predicted octanol–water partition coefficient (Wildman–Crippen LogP) is 3.50. The molecule has 0 spiro atoms. The van der Waals surface area contributed by atoms with Gasteiger partial charge in [-0.25, -0.2) is 0 Å². The Morgan fingerprint density at radius 3 is 2.76 bits per heavy atom. The van der Waals surface area contributed by atoms with E-state index in [-0.39, 0.29) is 12.5 Å². The molecule has 1 unspecified atom stereocenters. The topological polar surface area (TPSA) is 50.4 Å². The van der Waals surface area contributed by atoms with Crippen LogP contribution in [0.3, 0.4) is 0 Å². The Labute approximate surface area is 153 Å². The van der Waals surface area contributed by atoms with Gasteiger partial charge in [0.05, 0.1) is 5.02 Å². The molecule has 2 N–H and O–H groups in total. The summed E-state index contributed by atoms with van der Waals surface area (Å²) in [4.78, 5) is 11.9. The Morgan fingerprint density at radius 1 is 1.20 bits per heavy atom. The van der Waals surface area contributed by atoms with Crippen LogP contribution in [-0.4, -0.2) is 32.1 Å². The molecule has 1 heterocycles. The molecule has 0 aliphatic carbocycles. The lowest BCUT2D eigenvalue weighted by Gasteiger charge is -2.11. The molecular formula is C20H23ClN2O2. The van der Waals surface area contributed by atoms with Crippen molar-refractivity contribution in [1.82, 2.24) is 10.6 Å². The second kappa shape index (κ2) is 8.88. The first kappa shape index (κ1) is 17.8. The number of carbonyl (C=O) groups excluding carboxylic acids is 1. The van der Waals surface area contributed by atoms with Crippen LogP contribution in [-0.2, 0) is 4.79 Å². The van der Waals surface area contributed by atoms with E-state index in [1.165, 1.54) is 6.42 Å². The Balaban J connectivity index is 1.46. The van der Waals surface area contributed by atoms with Crippen molar-refractivity contribution in [3.63, 3.8) is 0 Å². The van der Waals surface area contributed by atoms with Crippen LogP contribution >= 0.6 is 11.6 Å². The number of benzene rings is 2. The van der Waals surface area contributed by atoms with Gasteiger partial charge in [0, 0.05) is 6.54 Å². The lowest BCUT2D eigenvalue weighted by Crippen LogP contribution is -2.30. The molecular weight excluding hydrogens is 336 g/mol. The summed E-state index contributed by atoms with van der Waals surface area (Å²) in [7, 11) is 0. The Hall–Kier alpha value is -2.04. The van der Waals surface area contributed by atoms with Crippen LogP contribution in [0.1, 0.15) is 12.8 Å². The standard InChI is InChI=1S/C20H23ClN2O2/c21-18-12-17(16-4-2-1-3-5-16)6-7-19(18)25-14-20(24)23-11-9-15-8-10-22-13-15/h1-7,12,15,22H,8-11,13-14H2,(H,23,24). The van der Waals surface area contributed by atoms with Gasteiger partial charge < -0.3 is 15.4 Å². The molecule has 0 aromatic heterocycles. The van der Waals surface area contributed by atoms with E-state index >= 15 is 0 Å². The molecule has 0 bridgehead atoms. The van der Waals surface area contributed by atoms with E-state index in [4.69, 9.17) is 16.3 Å². The first-order valence-electron chi connectivity index (χ1n) is 8.67. The number of amides is 1. The van der Waals surface area contributed by atoms with Gasteiger partial charge in [-0.05, 0) is 55.1 Å². The molecule has 1 atom stereocenters. The highest BCUT2D eigenvalue weighted by molar-refractivity contribution is 6.32. The number of hydrogen-bond acceptors (Lipinski definition) is 3. The van der Waals surface area contributed by atoms with Crippen LogP contribution in [0, 0.1) is 5.92 Å². The SMILES string of the molecule is O=C(COc1ccc(-c2ccccc2)cc1Cl)NCCC1CCNC1. The van der Waals surface area contributed by atoms with E-state index in [2.05, 4.69) is 10.6 Å². The van der Waals surface area contributed by atoms with Crippen molar-refractivity contribution in [2.45, 2.75) is 12.8 Å². The summed E-state index contributed by atoms with van der Waals surface area (Å²) in [5, 5.41) is 6.74. The minimum absolute atomic E-state index is 0.0205. The highest BCUT2D eigenvalue weighted by atomic mass is 35.5. The van der Waals surface area contributed by atoms with Gasteiger partial charge in [-0.3, -0.25) is 4.79 Å². The fraction of sp³-hybridized carbons (Fsp3) is 0.350. The van der Waals surface area contributed by atoms with Gasteiger partial charge in [0.1, 0.15) is 5.75 Å². The molecule has 0 saturated carbocycles.